The number of carbonyl (C=O) groups excluding carboxylic acids is 1. The van der Waals surface area contributed by atoms with Gasteiger partial charge in [0.15, 0.2) is 5.78 Å². The Morgan fingerprint density at radius 1 is 0.935 bits per heavy atom. The van der Waals surface area contributed by atoms with Crippen molar-refractivity contribution in [2.45, 2.75) is 13.8 Å². The molecule has 1 N–H and O–H groups in total. The van der Waals surface area contributed by atoms with Gasteiger partial charge in [0, 0.05) is 37.8 Å². The van der Waals surface area contributed by atoms with Crippen molar-refractivity contribution in [2.75, 3.05) is 0 Å². The van der Waals surface area contributed by atoms with Gasteiger partial charge in [0.25, 0.3) is 0 Å². The molecule has 1 aliphatic heterocycles. The maximum atomic E-state index is 10.0. The van der Waals surface area contributed by atoms with Gasteiger partial charge in [-0.25, -0.2) is 0 Å². The van der Waals surface area contributed by atoms with E-state index in [9.17, 15) is 4.79 Å². The molecule has 1 radical (unpaired) electrons. The van der Waals surface area contributed by atoms with E-state index in [-0.39, 0.29) is 31.6 Å². The van der Waals surface area contributed by atoms with Crippen molar-refractivity contribution >= 4 is 44.5 Å². The molecule has 5 rings (SSSR count). The largest absolute Gasteiger partial charge is 0.512 e. The number of allylic oxidation sites excluding steroid dienone is 2. The maximum absolute atomic E-state index is 10.0. The van der Waals surface area contributed by atoms with E-state index >= 15 is 0 Å². The summed E-state index contributed by atoms with van der Waals surface area (Å²) in [6, 6.07) is 22.5. The molecule has 5 nitrogen and oxygen atoms in total. The number of ketones is 1. The molecular formula is C25H20IrN3O2-. The summed E-state index contributed by atoms with van der Waals surface area (Å²) < 4.78 is 0. The zero-order valence-electron chi connectivity index (χ0n) is 17.0. The van der Waals surface area contributed by atoms with Gasteiger partial charge in [0.2, 0.25) is 0 Å². The number of aliphatic hydroxyl groups is 1. The van der Waals surface area contributed by atoms with Crippen LogP contribution in [0.3, 0.4) is 0 Å². The van der Waals surface area contributed by atoms with Gasteiger partial charge in [-0.3, -0.25) is 9.78 Å². The third-order valence-electron chi connectivity index (χ3n) is 4.59. The molecule has 1 aromatic heterocycles. The van der Waals surface area contributed by atoms with E-state index in [1.807, 2.05) is 48.7 Å². The number of aliphatic imine (C=N–C) groups is 1. The van der Waals surface area contributed by atoms with Gasteiger partial charge < -0.3 is 15.4 Å². The van der Waals surface area contributed by atoms with Crippen LogP contribution in [0, 0.1) is 0 Å². The number of nitrogens with zero attached hydrogens (tertiary/aromatic N) is 3. The number of aliphatic hydroxyl groups excluding tert-OH is 1. The molecule has 3 aromatic carbocycles. The summed E-state index contributed by atoms with van der Waals surface area (Å²) in [6.07, 6.45) is 3.05. The fourth-order valence-corrected chi connectivity index (χ4v) is 3.36. The number of hydrogen-bond donors (Lipinski definition) is 1. The van der Waals surface area contributed by atoms with Gasteiger partial charge >= 0.3 is 0 Å². The minimum Gasteiger partial charge on any atom is -0.512 e. The SMILES string of the molecule is CC(=O)/C=C(/C)O.[Ir].c1ccc2cc(C3=Nc4cccc5cccc(c45)[N-]3)ncc2c1. The summed E-state index contributed by atoms with van der Waals surface area (Å²) in [7, 11) is 0. The summed E-state index contributed by atoms with van der Waals surface area (Å²) in [6.45, 7) is 2.85. The van der Waals surface area contributed by atoms with Crippen molar-refractivity contribution in [1.82, 2.24) is 4.98 Å². The van der Waals surface area contributed by atoms with Crippen molar-refractivity contribution in [2.24, 2.45) is 4.99 Å². The van der Waals surface area contributed by atoms with E-state index in [4.69, 9.17) is 15.4 Å². The molecule has 0 unspecified atom stereocenters. The van der Waals surface area contributed by atoms with Crippen molar-refractivity contribution in [3.63, 3.8) is 0 Å². The second-order valence-electron chi connectivity index (χ2n) is 7.01. The Morgan fingerprint density at radius 3 is 2.29 bits per heavy atom. The Labute approximate surface area is 193 Å². The molecule has 0 aliphatic carbocycles. The van der Waals surface area contributed by atoms with Crippen LogP contribution < -0.4 is 0 Å². The summed E-state index contributed by atoms with van der Waals surface area (Å²) in [5.74, 6) is 0.606. The van der Waals surface area contributed by atoms with Crippen LogP contribution in [0.2, 0.25) is 0 Å². The molecule has 2 heterocycles. The fourth-order valence-electron chi connectivity index (χ4n) is 3.36. The minimum atomic E-state index is -0.125. The zero-order chi connectivity index (χ0) is 21.1. The molecule has 0 spiro atoms. The van der Waals surface area contributed by atoms with Crippen LogP contribution in [0.1, 0.15) is 19.5 Å². The van der Waals surface area contributed by atoms with Crippen LogP contribution >= 0.6 is 0 Å². The van der Waals surface area contributed by atoms with Crippen molar-refractivity contribution in [1.29, 1.82) is 0 Å². The average Bonchev–Trinajstić information content (AvgIpc) is 2.73. The number of benzene rings is 3. The van der Waals surface area contributed by atoms with E-state index in [0.29, 0.717) is 5.84 Å². The molecule has 4 aromatic rings. The second kappa shape index (κ2) is 9.65. The van der Waals surface area contributed by atoms with Gasteiger partial charge in [-0.15, -0.1) is 0 Å². The predicted octanol–water partition coefficient (Wildman–Crippen LogP) is 6.52. The zero-order valence-corrected chi connectivity index (χ0v) is 19.4. The molecule has 0 bridgehead atoms. The Balaban J connectivity index is 0.000000299. The van der Waals surface area contributed by atoms with E-state index in [1.54, 1.807) is 0 Å². The van der Waals surface area contributed by atoms with E-state index < -0.39 is 0 Å². The fraction of sp³-hybridized carbons (Fsp3) is 0.0800. The molecule has 0 saturated carbocycles. The van der Waals surface area contributed by atoms with E-state index in [0.717, 1.165) is 38.6 Å². The number of carbonyl (C=O) groups is 1. The third kappa shape index (κ3) is 5.05. The standard InChI is InChI=1S/C20H12N3.C5H8O2.Ir/c1-2-6-15-12-21-18(11-14(15)5-1)20-22-16-9-3-7-13-8-4-10-17(23-20)19(13)16;1-4(6)3-5(2)7;/h1-12H;3,6H,1-2H3;/q-1;;/b;4-3-;. The van der Waals surface area contributed by atoms with Gasteiger partial charge in [-0.05, 0) is 53.3 Å². The molecule has 0 fully saturated rings. The van der Waals surface area contributed by atoms with Crippen molar-refractivity contribution < 1.29 is 30.0 Å². The first kappa shape index (κ1) is 22.3. The molecule has 31 heavy (non-hydrogen) atoms. The first-order valence-corrected chi connectivity index (χ1v) is 9.56. The maximum Gasteiger partial charge on any atom is 0.155 e. The van der Waals surface area contributed by atoms with Gasteiger partial charge in [-0.1, -0.05) is 60.7 Å². The molecule has 0 atom stereocenters. The summed E-state index contributed by atoms with van der Waals surface area (Å²) in [5.41, 5.74) is 2.71. The summed E-state index contributed by atoms with van der Waals surface area (Å²) in [5, 5.41) is 17.6. The van der Waals surface area contributed by atoms with Gasteiger partial charge in [0.05, 0.1) is 11.5 Å². The number of rotatable bonds is 2. The van der Waals surface area contributed by atoms with Crippen LogP contribution in [0.15, 0.2) is 89.8 Å². The Hall–Kier alpha value is -3.34. The second-order valence-corrected chi connectivity index (χ2v) is 7.01. The van der Waals surface area contributed by atoms with Gasteiger partial charge in [-0.2, -0.15) is 0 Å². The average molecular weight is 587 g/mol. The first-order valence-electron chi connectivity index (χ1n) is 9.56. The smallest absolute Gasteiger partial charge is 0.155 e. The summed E-state index contributed by atoms with van der Waals surface area (Å²) >= 11 is 0. The molecule has 157 valence electrons. The van der Waals surface area contributed by atoms with E-state index in [1.165, 1.54) is 19.9 Å². The molecule has 1 aliphatic rings. The third-order valence-corrected chi connectivity index (χ3v) is 4.59. The Morgan fingerprint density at radius 2 is 1.61 bits per heavy atom. The van der Waals surface area contributed by atoms with Crippen LogP contribution in [0.5, 0.6) is 0 Å². The number of amidine groups is 1. The normalized spacial score (nSPS) is 12.2. The van der Waals surface area contributed by atoms with Crippen LogP contribution in [-0.4, -0.2) is 21.7 Å². The van der Waals surface area contributed by atoms with E-state index in [2.05, 4.69) is 29.2 Å². The predicted molar refractivity (Wildman–Crippen MR) is 122 cm³/mol. The Kier molecular flexibility index (Phi) is 6.95. The van der Waals surface area contributed by atoms with Crippen molar-refractivity contribution in [3.8, 4) is 0 Å². The first-order chi connectivity index (χ1) is 14.5. The minimum absolute atomic E-state index is 0. The van der Waals surface area contributed by atoms with Crippen LogP contribution in [-0.2, 0) is 24.9 Å². The van der Waals surface area contributed by atoms with Crippen molar-refractivity contribution in [3.05, 3.63) is 95.8 Å². The van der Waals surface area contributed by atoms with Crippen LogP contribution in [0.25, 0.3) is 26.9 Å². The topological polar surface area (TPSA) is 76.7 Å². The van der Waals surface area contributed by atoms with Gasteiger partial charge in [0.1, 0.15) is 0 Å². The molecule has 6 heteroatoms. The number of fused-ring (bicyclic) bond motifs is 1. The van der Waals surface area contributed by atoms with Crippen LogP contribution in [0.4, 0.5) is 11.4 Å². The Bertz CT molecular complexity index is 1320. The monoisotopic (exact) mass is 587 g/mol. The summed E-state index contributed by atoms with van der Waals surface area (Å²) in [4.78, 5) is 19.3. The number of pyridine rings is 1. The molecular weight excluding hydrogens is 567 g/mol. The number of hydrogen-bond acceptors (Lipinski definition) is 4. The molecule has 0 saturated heterocycles. The quantitative estimate of drug-likeness (QED) is 0.215. The molecule has 0 amide bonds. The number of aromatic nitrogens is 1.